The second kappa shape index (κ2) is 4.21. The second-order valence-electron chi connectivity index (χ2n) is 4.75. The lowest BCUT2D eigenvalue weighted by molar-refractivity contribution is -0.130. The van der Waals surface area contributed by atoms with Gasteiger partial charge in [-0.05, 0) is 44.4 Å². The molecule has 0 aromatic rings. The van der Waals surface area contributed by atoms with Crippen molar-refractivity contribution in [2.24, 2.45) is 11.8 Å². The Kier molecular flexibility index (Phi) is 3.15. The average molecular weight is 260 g/mol. The molecular weight excluding hydrogens is 242 g/mol. The molecule has 0 aliphatic heterocycles. The van der Waals surface area contributed by atoms with Gasteiger partial charge in [0.1, 0.15) is 0 Å². The SMILES string of the molecule is CC(Br)C(=O)N(CC1CC1)CC1CC1. The fourth-order valence-electron chi connectivity index (χ4n) is 1.73. The molecule has 14 heavy (non-hydrogen) atoms. The minimum atomic E-state index is -0.0139. The van der Waals surface area contributed by atoms with Crippen molar-refractivity contribution in [1.29, 1.82) is 0 Å². The quantitative estimate of drug-likeness (QED) is 0.695. The first-order valence-corrected chi connectivity index (χ1v) is 6.51. The summed E-state index contributed by atoms with van der Waals surface area (Å²) in [4.78, 5) is 13.9. The molecule has 2 saturated carbocycles. The van der Waals surface area contributed by atoms with E-state index in [9.17, 15) is 4.79 Å². The summed E-state index contributed by atoms with van der Waals surface area (Å²) in [5.74, 6) is 1.90. The van der Waals surface area contributed by atoms with Crippen LogP contribution in [0.25, 0.3) is 0 Å². The second-order valence-corrected chi connectivity index (χ2v) is 6.12. The Bertz CT molecular complexity index is 207. The number of halogens is 1. The number of nitrogens with zero attached hydrogens (tertiary/aromatic N) is 1. The molecule has 0 aromatic carbocycles. The molecule has 1 atom stereocenters. The Balaban J connectivity index is 1.85. The molecule has 0 heterocycles. The van der Waals surface area contributed by atoms with E-state index in [0.717, 1.165) is 24.9 Å². The zero-order valence-corrected chi connectivity index (χ0v) is 10.3. The van der Waals surface area contributed by atoms with E-state index in [-0.39, 0.29) is 10.7 Å². The zero-order valence-electron chi connectivity index (χ0n) is 8.71. The highest BCUT2D eigenvalue weighted by atomic mass is 79.9. The molecule has 0 radical (unpaired) electrons. The molecule has 1 amide bonds. The normalized spacial score (nSPS) is 23.3. The monoisotopic (exact) mass is 259 g/mol. The molecule has 0 saturated heterocycles. The van der Waals surface area contributed by atoms with Gasteiger partial charge in [0.15, 0.2) is 0 Å². The Labute approximate surface area is 94.2 Å². The Morgan fingerprint density at radius 2 is 1.71 bits per heavy atom. The van der Waals surface area contributed by atoms with Crippen LogP contribution in [-0.4, -0.2) is 28.7 Å². The predicted molar refractivity (Wildman–Crippen MR) is 60.4 cm³/mol. The third kappa shape index (κ3) is 2.97. The number of amides is 1. The first-order chi connectivity index (χ1) is 6.66. The van der Waals surface area contributed by atoms with Crippen molar-refractivity contribution >= 4 is 21.8 Å². The number of rotatable bonds is 5. The van der Waals surface area contributed by atoms with Crippen molar-refractivity contribution in [3.8, 4) is 0 Å². The molecule has 2 fully saturated rings. The Hall–Kier alpha value is -0.0500. The smallest absolute Gasteiger partial charge is 0.236 e. The van der Waals surface area contributed by atoms with Gasteiger partial charge >= 0.3 is 0 Å². The summed E-state index contributed by atoms with van der Waals surface area (Å²) < 4.78 is 0. The number of carbonyl (C=O) groups is 1. The van der Waals surface area contributed by atoms with E-state index in [1.54, 1.807) is 0 Å². The van der Waals surface area contributed by atoms with Crippen LogP contribution in [0.3, 0.4) is 0 Å². The van der Waals surface area contributed by atoms with Crippen molar-refractivity contribution in [3.05, 3.63) is 0 Å². The largest absolute Gasteiger partial charge is 0.341 e. The molecule has 0 aromatic heterocycles. The maximum Gasteiger partial charge on any atom is 0.236 e. The maximum absolute atomic E-state index is 11.8. The van der Waals surface area contributed by atoms with Crippen LogP contribution in [-0.2, 0) is 4.79 Å². The van der Waals surface area contributed by atoms with Crippen LogP contribution < -0.4 is 0 Å². The summed E-state index contributed by atoms with van der Waals surface area (Å²) >= 11 is 3.37. The van der Waals surface area contributed by atoms with Gasteiger partial charge in [-0.15, -0.1) is 0 Å². The van der Waals surface area contributed by atoms with Gasteiger partial charge in [0.05, 0.1) is 4.83 Å². The third-order valence-corrected chi connectivity index (χ3v) is 3.39. The number of alkyl halides is 1. The van der Waals surface area contributed by atoms with Crippen molar-refractivity contribution in [3.63, 3.8) is 0 Å². The summed E-state index contributed by atoms with van der Waals surface area (Å²) in [7, 11) is 0. The lowest BCUT2D eigenvalue weighted by Gasteiger charge is -2.23. The number of carbonyl (C=O) groups excluding carboxylic acids is 1. The molecular formula is C11H18BrNO. The molecule has 3 heteroatoms. The van der Waals surface area contributed by atoms with Crippen molar-refractivity contribution in [2.75, 3.05) is 13.1 Å². The first-order valence-electron chi connectivity index (χ1n) is 5.59. The third-order valence-electron chi connectivity index (χ3n) is 3.00. The van der Waals surface area contributed by atoms with Gasteiger partial charge in [-0.1, -0.05) is 15.9 Å². The number of hydrogen-bond donors (Lipinski definition) is 0. The molecule has 2 nitrogen and oxygen atoms in total. The highest BCUT2D eigenvalue weighted by molar-refractivity contribution is 9.10. The van der Waals surface area contributed by atoms with Gasteiger partial charge in [-0.3, -0.25) is 4.79 Å². The molecule has 2 rings (SSSR count). The summed E-state index contributed by atoms with van der Waals surface area (Å²) in [6, 6.07) is 0. The van der Waals surface area contributed by atoms with Gasteiger partial charge < -0.3 is 4.90 Å². The lowest BCUT2D eigenvalue weighted by atomic mass is 10.3. The van der Waals surface area contributed by atoms with Crippen molar-refractivity contribution < 1.29 is 4.79 Å². The highest BCUT2D eigenvalue weighted by Gasteiger charge is 2.32. The summed E-state index contributed by atoms with van der Waals surface area (Å²) in [6.07, 6.45) is 5.30. The van der Waals surface area contributed by atoms with Gasteiger partial charge in [0.2, 0.25) is 5.91 Å². The molecule has 0 spiro atoms. The zero-order chi connectivity index (χ0) is 10.1. The van der Waals surface area contributed by atoms with Crippen molar-refractivity contribution in [2.45, 2.75) is 37.4 Å². The van der Waals surface area contributed by atoms with Crippen LogP contribution in [0.4, 0.5) is 0 Å². The standard InChI is InChI=1S/C11H18BrNO/c1-8(12)11(14)13(6-9-2-3-9)7-10-4-5-10/h8-10H,2-7H2,1H3. The fourth-order valence-corrected chi connectivity index (χ4v) is 2.02. The molecule has 80 valence electrons. The van der Waals surface area contributed by atoms with Crippen LogP contribution in [0.2, 0.25) is 0 Å². The van der Waals surface area contributed by atoms with Gasteiger partial charge in [0, 0.05) is 13.1 Å². The van der Waals surface area contributed by atoms with Crippen LogP contribution in [0.5, 0.6) is 0 Å². The van der Waals surface area contributed by atoms with Gasteiger partial charge in [0.25, 0.3) is 0 Å². The van der Waals surface area contributed by atoms with E-state index in [1.807, 2.05) is 6.92 Å². The fraction of sp³-hybridized carbons (Fsp3) is 0.909. The Morgan fingerprint density at radius 3 is 2.00 bits per heavy atom. The van der Waals surface area contributed by atoms with E-state index in [0.29, 0.717) is 0 Å². The topological polar surface area (TPSA) is 20.3 Å². The van der Waals surface area contributed by atoms with E-state index in [4.69, 9.17) is 0 Å². The van der Waals surface area contributed by atoms with Crippen LogP contribution >= 0.6 is 15.9 Å². The Morgan fingerprint density at radius 1 is 1.29 bits per heavy atom. The minimum Gasteiger partial charge on any atom is -0.341 e. The predicted octanol–water partition coefficient (Wildman–Crippen LogP) is 2.42. The van der Waals surface area contributed by atoms with E-state index in [1.165, 1.54) is 25.7 Å². The molecule has 0 bridgehead atoms. The first kappa shape index (κ1) is 10.5. The molecule has 0 N–H and O–H groups in total. The van der Waals surface area contributed by atoms with Gasteiger partial charge in [-0.2, -0.15) is 0 Å². The van der Waals surface area contributed by atoms with E-state index < -0.39 is 0 Å². The molecule has 1 unspecified atom stereocenters. The summed E-state index contributed by atoms with van der Waals surface area (Å²) in [5.41, 5.74) is 0. The molecule has 2 aliphatic rings. The van der Waals surface area contributed by atoms with Crippen LogP contribution in [0.1, 0.15) is 32.6 Å². The van der Waals surface area contributed by atoms with Crippen LogP contribution in [0, 0.1) is 11.8 Å². The highest BCUT2D eigenvalue weighted by Crippen LogP contribution is 2.34. The number of hydrogen-bond acceptors (Lipinski definition) is 1. The van der Waals surface area contributed by atoms with Gasteiger partial charge in [-0.25, -0.2) is 0 Å². The van der Waals surface area contributed by atoms with Crippen LogP contribution in [0.15, 0.2) is 0 Å². The average Bonchev–Trinajstić information content (AvgIpc) is 2.94. The lowest BCUT2D eigenvalue weighted by Crippen LogP contribution is -2.38. The maximum atomic E-state index is 11.8. The summed E-state index contributed by atoms with van der Waals surface area (Å²) in [5, 5.41) is 0. The van der Waals surface area contributed by atoms with E-state index in [2.05, 4.69) is 20.8 Å². The summed E-state index contributed by atoms with van der Waals surface area (Å²) in [6.45, 7) is 3.94. The molecule has 2 aliphatic carbocycles. The van der Waals surface area contributed by atoms with Crippen molar-refractivity contribution in [1.82, 2.24) is 4.90 Å². The minimum absolute atomic E-state index is 0.0139. The van der Waals surface area contributed by atoms with E-state index >= 15 is 0 Å².